The van der Waals surface area contributed by atoms with Gasteiger partial charge in [-0.1, -0.05) is 72.3 Å². The van der Waals surface area contributed by atoms with Crippen molar-refractivity contribution in [3.63, 3.8) is 0 Å². The van der Waals surface area contributed by atoms with Gasteiger partial charge in [-0.25, -0.2) is 0 Å². The Morgan fingerprint density at radius 3 is 2.32 bits per heavy atom. The van der Waals surface area contributed by atoms with Gasteiger partial charge in [0, 0.05) is 41.0 Å². The number of fused-ring (bicyclic) bond motifs is 1. The van der Waals surface area contributed by atoms with Crippen LogP contribution in [0.2, 0.25) is 5.02 Å². The molecule has 4 aromatic rings. The van der Waals surface area contributed by atoms with Crippen LogP contribution in [0.25, 0.3) is 10.9 Å². The molecular weight excluding hydrogens is 404 g/mol. The number of rotatable bonds is 7. The van der Waals surface area contributed by atoms with Crippen LogP contribution in [-0.2, 0) is 11.3 Å². The number of carbonyl (C=O) groups is 1. The summed E-state index contributed by atoms with van der Waals surface area (Å²) in [5.41, 5.74) is 4.55. The maximum Gasteiger partial charge on any atom is 0.221 e. The molecule has 158 valence electrons. The highest BCUT2D eigenvalue weighted by Crippen LogP contribution is 2.35. The smallest absolute Gasteiger partial charge is 0.221 e. The molecule has 0 aliphatic heterocycles. The van der Waals surface area contributed by atoms with Crippen molar-refractivity contribution in [2.45, 2.75) is 38.8 Å². The van der Waals surface area contributed by atoms with Crippen LogP contribution in [-0.4, -0.2) is 10.5 Å². The lowest BCUT2D eigenvalue weighted by molar-refractivity contribution is -0.121. The SMILES string of the molecule is CCn1cc([C@@H](CC(=O)N[C@H](C)c2ccccc2)c2ccc(Cl)cc2)c2ccccc21. The lowest BCUT2D eigenvalue weighted by Gasteiger charge is -2.20. The van der Waals surface area contributed by atoms with E-state index in [1.54, 1.807) is 0 Å². The Kier molecular flexibility index (Phi) is 6.43. The molecule has 0 saturated heterocycles. The fourth-order valence-corrected chi connectivity index (χ4v) is 4.35. The van der Waals surface area contributed by atoms with E-state index in [1.165, 1.54) is 16.5 Å². The minimum atomic E-state index is -0.0575. The van der Waals surface area contributed by atoms with Gasteiger partial charge >= 0.3 is 0 Å². The second-order valence-corrected chi connectivity index (χ2v) is 8.33. The predicted molar refractivity (Wildman–Crippen MR) is 129 cm³/mol. The molecule has 1 aromatic heterocycles. The van der Waals surface area contributed by atoms with E-state index < -0.39 is 0 Å². The van der Waals surface area contributed by atoms with Gasteiger partial charge in [0.2, 0.25) is 5.91 Å². The summed E-state index contributed by atoms with van der Waals surface area (Å²) in [6.07, 6.45) is 2.56. The van der Waals surface area contributed by atoms with Crippen molar-refractivity contribution in [2.75, 3.05) is 0 Å². The molecule has 0 aliphatic rings. The van der Waals surface area contributed by atoms with E-state index in [1.807, 2.05) is 61.5 Å². The summed E-state index contributed by atoms with van der Waals surface area (Å²) in [7, 11) is 0. The van der Waals surface area contributed by atoms with Crippen LogP contribution in [0.4, 0.5) is 0 Å². The van der Waals surface area contributed by atoms with Gasteiger partial charge in [-0.3, -0.25) is 4.79 Å². The fourth-order valence-electron chi connectivity index (χ4n) is 4.23. The minimum Gasteiger partial charge on any atom is -0.350 e. The lowest BCUT2D eigenvalue weighted by atomic mass is 9.88. The summed E-state index contributed by atoms with van der Waals surface area (Å²) in [6.45, 7) is 5.04. The van der Waals surface area contributed by atoms with Crippen molar-refractivity contribution >= 4 is 28.4 Å². The maximum absolute atomic E-state index is 13.1. The van der Waals surface area contributed by atoms with E-state index in [4.69, 9.17) is 11.6 Å². The summed E-state index contributed by atoms with van der Waals surface area (Å²) in [4.78, 5) is 13.1. The molecule has 0 radical (unpaired) electrons. The van der Waals surface area contributed by atoms with E-state index in [0.717, 1.165) is 17.7 Å². The first-order valence-electron chi connectivity index (χ1n) is 10.7. The third-order valence-corrected chi connectivity index (χ3v) is 6.13. The maximum atomic E-state index is 13.1. The number of carbonyl (C=O) groups excluding carboxylic acids is 1. The van der Waals surface area contributed by atoms with Crippen molar-refractivity contribution in [2.24, 2.45) is 0 Å². The summed E-state index contributed by atoms with van der Waals surface area (Å²) >= 11 is 6.14. The van der Waals surface area contributed by atoms with Gasteiger partial charge in [0.05, 0.1) is 6.04 Å². The molecule has 0 fully saturated rings. The molecule has 0 spiro atoms. The fraction of sp³-hybridized carbons (Fsp3) is 0.222. The number of para-hydroxylation sites is 1. The summed E-state index contributed by atoms with van der Waals surface area (Å²) in [6, 6.07) is 26.2. The van der Waals surface area contributed by atoms with E-state index in [2.05, 4.69) is 47.3 Å². The highest BCUT2D eigenvalue weighted by atomic mass is 35.5. The molecule has 2 atom stereocenters. The summed E-state index contributed by atoms with van der Waals surface area (Å²) in [5.74, 6) is -0.0254. The topological polar surface area (TPSA) is 34.0 Å². The largest absolute Gasteiger partial charge is 0.350 e. The molecule has 3 nitrogen and oxygen atoms in total. The molecule has 0 aliphatic carbocycles. The number of hydrogen-bond donors (Lipinski definition) is 1. The Morgan fingerprint density at radius 2 is 1.61 bits per heavy atom. The first-order chi connectivity index (χ1) is 15.1. The molecule has 1 amide bonds. The number of amides is 1. The molecule has 4 heteroatoms. The Balaban J connectivity index is 1.68. The van der Waals surface area contributed by atoms with Crippen molar-refractivity contribution in [3.05, 3.63) is 107 Å². The van der Waals surface area contributed by atoms with Crippen LogP contribution in [0.5, 0.6) is 0 Å². The molecule has 3 aromatic carbocycles. The summed E-state index contributed by atoms with van der Waals surface area (Å²) in [5, 5.41) is 5.06. The van der Waals surface area contributed by atoms with Crippen LogP contribution in [0, 0.1) is 0 Å². The molecule has 31 heavy (non-hydrogen) atoms. The third-order valence-electron chi connectivity index (χ3n) is 5.87. The van der Waals surface area contributed by atoms with Crippen LogP contribution in [0.3, 0.4) is 0 Å². The van der Waals surface area contributed by atoms with Crippen LogP contribution in [0.15, 0.2) is 85.1 Å². The van der Waals surface area contributed by atoms with Gasteiger partial charge in [0.15, 0.2) is 0 Å². The second kappa shape index (κ2) is 9.40. The first-order valence-corrected chi connectivity index (χ1v) is 11.1. The average molecular weight is 431 g/mol. The molecule has 0 bridgehead atoms. The van der Waals surface area contributed by atoms with Crippen molar-refractivity contribution < 1.29 is 4.79 Å². The van der Waals surface area contributed by atoms with Crippen molar-refractivity contribution in [1.82, 2.24) is 9.88 Å². The Morgan fingerprint density at radius 1 is 0.935 bits per heavy atom. The van der Waals surface area contributed by atoms with Gasteiger partial charge in [-0.15, -0.1) is 0 Å². The van der Waals surface area contributed by atoms with E-state index in [-0.39, 0.29) is 17.9 Å². The number of benzene rings is 3. The van der Waals surface area contributed by atoms with E-state index >= 15 is 0 Å². The lowest BCUT2D eigenvalue weighted by Crippen LogP contribution is -2.28. The number of aryl methyl sites for hydroxylation is 1. The van der Waals surface area contributed by atoms with Gasteiger partial charge in [0.25, 0.3) is 0 Å². The average Bonchev–Trinajstić information content (AvgIpc) is 3.17. The number of hydrogen-bond acceptors (Lipinski definition) is 1. The molecular formula is C27H27ClN2O. The number of aromatic nitrogens is 1. The van der Waals surface area contributed by atoms with Gasteiger partial charge < -0.3 is 9.88 Å². The third kappa shape index (κ3) is 4.67. The van der Waals surface area contributed by atoms with Crippen molar-refractivity contribution in [3.8, 4) is 0 Å². The monoisotopic (exact) mass is 430 g/mol. The zero-order valence-electron chi connectivity index (χ0n) is 17.9. The quantitative estimate of drug-likeness (QED) is 0.347. The second-order valence-electron chi connectivity index (χ2n) is 7.90. The van der Waals surface area contributed by atoms with E-state index in [0.29, 0.717) is 11.4 Å². The zero-order valence-corrected chi connectivity index (χ0v) is 18.6. The van der Waals surface area contributed by atoms with Gasteiger partial charge in [-0.05, 0) is 48.7 Å². The normalized spacial score (nSPS) is 13.1. The number of halogens is 1. The highest BCUT2D eigenvalue weighted by molar-refractivity contribution is 6.30. The standard InChI is InChI=1S/C27H27ClN2O/c1-3-30-18-25(23-11-7-8-12-26(23)30)24(21-13-15-22(28)16-14-21)17-27(31)29-19(2)20-9-5-4-6-10-20/h4-16,18-19,24H,3,17H2,1-2H3,(H,29,31)/t19-,24+/m1/s1. The number of nitrogens with one attached hydrogen (secondary N) is 1. The summed E-state index contributed by atoms with van der Waals surface area (Å²) < 4.78 is 2.25. The predicted octanol–water partition coefficient (Wildman–Crippen LogP) is 6.71. The molecule has 0 unspecified atom stereocenters. The Labute approximate surface area is 188 Å². The van der Waals surface area contributed by atoms with Crippen molar-refractivity contribution in [1.29, 1.82) is 0 Å². The van der Waals surface area contributed by atoms with E-state index in [9.17, 15) is 4.79 Å². The molecule has 1 N–H and O–H groups in total. The van der Waals surface area contributed by atoms with Crippen LogP contribution >= 0.6 is 11.6 Å². The highest BCUT2D eigenvalue weighted by Gasteiger charge is 2.23. The molecule has 1 heterocycles. The number of nitrogens with zero attached hydrogens (tertiary/aromatic N) is 1. The van der Waals surface area contributed by atoms with Crippen LogP contribution < -0.4 is 5.32 Å². The molecule has 4 rings (SSSR count). The first kappa shape index (κ1) is 21.2. The van der Waals surface area contributed by atoms with Gasteiger partial charge in [0.1, 0.15) is 0 Å². The molecule has 0 saturated carbocycles. The zero-order chi connectivity index (χ0) is 21.8. The Hall–Kier alpha value is -3.04. The Bertz CT molecular complexity index is 1170. The minimum absolute atomic E-state index is 0.0321. The van der Waals surface area contributed by atoms with Crippen LogP contribution in [0.1, 0.15) is 48.9 Å². The van der Waals surface area contributed by atoms with Gasteiger partial charge in [-0.2, -0.15) is 0 Å².